The Morgan fingerprint density at radius 3 is 2.61 bits per heavy atom. The highest BCUT2D eigenvalue weighted by Gasteiger charge is 2.26. The number of carbonyl (C=O) groups excluding carboxylic acids is 2. The molecule has 0 spiro atoms. The van der Waals surface area contributed by atoms with Gasteiger partial charge in [-0.15, -0.1) is 0 Å². The molecule has 1 atom stereocenters. The first-order valence-corrected chi connectivity index (χ1v) is 6.06. The zero-order valence-electron chi connectivity index (χ0n) is 10.8. The van der Waals surface area contributed by atoms with Crippen molar-refractivity contribution in [2.75, 3.05) is 6.54 Å². The van der Waals surface area contributed by atoms with E-state index in [2.05, 4.69) is 10.6 Å². The molecule has 0 radical (unpaired) electrons. The molecule has 6 heteroatoms. The van der Waals surface area contributed by atoms with Crippen LogP contribution in [0, 0.1) is 5.41 Å². The summed E-state index contributed by atoms with van der Waals surface area (Å²) >= 11 is 0. The molecule has 0 aromatic heterocycles. The summed E-state index contributed by atoms with van der Waals surface area (Å²) in [4.78, 5) is 33.2. The van der Waals surface area contributed by atoms with Gasteiger partial charge in [0.15, 0.2) is 0 Å². The van der Waals surface area contributed by atoms with Gasteiger partial charge in [0.25, 0.3) is 0 Å². The number of carboxylic acid groups (broad SMARTS) is 1. The van der Waals surface area contributed by atoms with Gasteiger partial charge in [0.2, 0.25) is 11.8 Å². The maximum absolute atomic E-state index is 11.7. The SMILES string of the molecule is CC(C)(CC(=O)O)CC(=O)NCC1CCC(=O)N1. The Morgan fingerprint density at radius 1 is 1.44 bits per heavy atom. The van der Waals surface area contributed by atoms with Gasteiger partial charge in [-0.3, -0.25) is 14.4 Å². The Balaban J connectivity index is 2.28. The first kappa shape index (κ1) is 14.5. The molecular formula is C12H20N2O4. The van der Waals surface area contributed by atoms with Gasteiger partial charge in [-0.1, -0.05) is 13.8 Å². The van der Waals surface area contributed by atoms with Crippen molar-refractivity contribution in [3.63, 3.8) is 0 Å². The lowest BCUT2D eigenvalue weighted by Crippen LogP contribution is -2.39. The Morgan fingerprint density at radius 2 is 2.11 bits per heavy atom. The van der Waals surface area contributed by atoms with Gasteiger partial charge in [-0.2, -0.15) is 0 Å². The highest BCUT2D eigenvalue weighted by atomic mass is 16.4. The lowest BCUT2D eigenvalue weighted by molar-refractivity contribution is -0.139. The normalized spacial score (nSPS) is 19.4. The third kappa shape index (κ3) is 5.16. The second kappa shape index (κ2) is 5.84. The number of hydrogen-bond acceptors (Lipinski definition) is 3. The third-order valence-corrected chi connectivity index (χ3v) is 2.90. The van der Waals surface area contributed by atoms with E-state index in [1.165, 1.54) is 0 Å². The van der Waals surface area contributed by atoms with Crippen LogP contribution in [0.5, 0.6) is 0 Å². The molecule has 18 heavy (non-hydrogen) atoms. The Kier molecular flexibility index (Phi) is 4.69. The predicted molar refractivity (Wildman–Crippen MR) is 64.8 cm³/mol. The Hall–Kier alpha value is -1.59. The number of rotatable bonds is 6. The minimum Gasteiger partial charge on any atom is -0.481 e. The summed E-state index contributed by atoms with van der Waals surface area (Å²) < 4.78 is 0. The van der Waals surface area contributed by atoms with Crippen molar-refractivity contribution in [1.29, 1.82) is 0 Å². The number of aliphatic carboxylic acids is 1. The van der Waals surface area contributed by atoms with Crippen LogP contribution in [0.2, 0.25) is 0 Å². The van der Waals surface area contributed by atoms with Crippen LogP contribution >= 0.6 is 0 Å². The van der Waals surface area contributed by atoms with E-state index in [9.17, 15) is 14.4 Å². The standard InChI is InChI=1S/C12H20N2O4/c1-12(2,6-11(17)18)5-10(16)13-7-8-3-4-9(15)14-8/h8H,3-7H2,1-2H3,(H,13,16)(H,14,15)(H,17,18). The second-order valence-corrected chi connectivity index (χ2v) is 5.52. The van der Waals surface area contributed by atoms with E-state index in [1.807, 2.05) is 0 Å². The molecule has 1 heterocycles. The molecule has 0 bridgehead atoms. The number of carboxylic acids is 1. The van der Waals surface area contributed by atoms with E-state index < -0.39 is 11.4 Å². The van der Waals surface area contributed by atoms with Crippen LogP contribution in [-0.4, -0.2) is 35.5 Å². The summed E-state index contributed by atoms with van der Waals surface area (Å²) in [7, 11) is 0. The summed E-state index contributed by atoms with van der Waals surface area (Å²) in [5.74, 6) is -1.07. The molecule has 6 nitrogen and oxygen atoms in total. The van der Waals surface area contributed by atoms with Crippen molar-refractivity contribution in [3.8, 4) is 0 Å². The third-order valence-electron chi connectivity index (χ3n) is 2.90. The van der Waals surface area contributed by atoms with Crippen molar-refractivity contribution in [3.05, 3.63) is 0 Å². The average molecular weight is 256 g/mol. The van der Waals surface area contributed by atoms with Crippen molar-refractivity contribution in [2.24, 2.45) is 5.41 Å². The van der Waals surface area contributed by atoms with E-state index >= 15 is 0 Å². The van der Waals surface area contributed by atoms with Crippen LogP contribution < -0.4 is 10.6 Å². The van der Waals surface area contributed by atoms with E-state index in [-0.39, 0.29) is 30.7 Å². The molecular weight excluding hydrogens is 236 g/mol. The molecule has 1 saturated heterocycles. The average Bonchev–Trinajstić information content (AvgIpc) is 2.58. The summed E-state index contributed by atoms with van der Waals surface area (Å²) in [5, 5.41) is 14.2. The molecule has 0 aromatic rings. The molecule has 1 fully saturated rings. The molecule has 0 aromatic carbocycles. The summed E-state index contributed by atoms with van der Waals surface area (Å²) in [6, 6.07) is 0.00374. The first-order chi connectivity index (χ1) is 8.28. The van der Waals surface area contributed by atoms with E-state index in [4.69, 9.17) is 5.11 Å². The molecule has 3 N–H and O–H groups in total. The lowest BCUT2D eigenvalue weighted by Gasteiger charge is -2.22. The maximum Gasteiger partial charge on any atom is 0.303 e. The monoisotopic (exact) mass is 256 g/mol. The van der Waals surface area contributed by atoms with Crippen LogP contribution in [0.25, 0.3) is 0 Å². The zero-order chi connectivity index (χ0) is 13.8. The van der Waals surface area contributed by atoms with Crippen molar-refractivity contribution >= 4 is 17.8 Å². The molecule has 1 aliphatic heterocycles. The van der Waals surface area contributed by atoms with Gasteiger partial charge < -0.3 is 15.7 Å². The maximum atomic E-state index is 11.7. The predicted octanol–water partition coefficient (Wildman–Crippen LogP) is 0.272. The fraction of sp³-hybridized carbons (Fsp3) is 0.750. The molecule has 1 rings (SSSR count). The minimum absolute atomic E-state index is 0.00374. The molecule has 1 aliphatic rings. The van der Waals surface area contributed by atoms with Crippen LogP contribution in [0.3, 0.4) is 0 Å². The van der Waals surface area contributed by atoms with Gasteiger partial charge in [-0.25, -0.2) is 0 Å². The number of carbonyl (C=O) groups is 3. The van der Waals surface area contributed by atoms with Crippen LogP contribution in [0.1, 0.15) is 39.5 Å². The lowest BCUT2D eigenvalue weighted by atomic mass is 9.85. The van der Waals surface area contributed by atoms with Gasteiger partial charge in [-0.05, 0) is 11.8 Å². The molecule has 2 amide bonds. The number of hydrogen-bond donors (Lipinski definition) is 3. The topological polar surface area (TPSA) is 95.5 Å². The van der Waals surface area contributed by atoms with Crippen molar-refractivity contribution < 1.29 is 19.5 Å². The molecule has 0 saturated carbocycles. The van der Waals surface area contributed by atoms with Gasteiger partial charge in [0.1, 0.15) is 0 Å². The van der Waals surface area contributed by atoms with E-state index in [0.29, 0.717) is 13.0 Å². The fourth-order valence-electron chi connectivity index (χ4n) is 2.04. The van der Waals surface area contributed by atoms with Crippen LogP contribution in [-0.2, 0) is 14.4 Å². The largest absolute Gasteiger partial charge is 0.481 e. The van der Waals surface area contributed by atoms with Gasteiger partial charge in [0.05, 0.1) is 6.42 Å². The smallest absolute Gasteiger partial charge is 0.303 e. The second-order valence-electron chi connectivity index (χ2n) is 5.52. The highest BCUT2D eigenvalue weighted by Crippen LogP contribution is 2.24. The number of amides is 2. The zero-order valence-corrected chi connectivity index (χ0v) is 10.8. The Labute approximate surface area is 106 Å². The van der Waals surface area contributed by atoms with Crippen molar-refractivity contribution in [1.82, 2.24) is 10.6 Å². The highest BCUT2D eigenvalue weighted by molar-refractivity contribution is 5.79. The van der Waals surface area contributed by atoms with E-state index in [1.54, 1.807) is 13.8 Å². The van der Waals surface area contributed by atoms with Crippen molar-refractivity contribution in [2.45, 2.75) is 45.6 Å². The van der Waals surface area contributed by atoms with Crippen LogP contribution in [0.4, 0.5) is 0 Å². The molecule has 102 valence electrons. The molecule has 0 aliphatic carbocycles. The van der Waals surface area contributed by atoms with Gasteiger partial charge >= 0.3 is 5.97 Å². The van der Waals surface area contributed by atoms with Gasteiger partial charge in [0, 0.05) is 25.4 Å². The Bertz CT molecular complexity index is 352. The minimum atomic E-state index is -0.907. The number of nitrogens with one attached hydrogen (secondary N) is 2. The summed E-state index contributed by atoms with van der Waals surface area (Å²) in [5.41, 5.74) is -0.561. The quantitative estimate of drug-likeness (QED) is 0.635. The summed E-state index contributed by atoms with van der Waals surface area (Å²) in [6.07, 6.45) is 1.36. The van der Waals surface area contributed by atoms with Crippen LogP contribution in [0.15, 0.2) is 0 Å². The first-order valence-electron chi connectivity index (χ1n) is 6.06. The summed E-state index contributed by atoms with van der Waals surface area (Å²) in [6.45, 7) is 3.91. The fourth-order valence-corrected chi connectivity index (χ4v) is 2.04. The van der Waals surface area contributed by atoms with E-state index in [0.717, 1.165) is 6.42 Å². The molecule has 1 unspecified atom stereocenters.